The molecule has 2 N–H and O–H groups in total. The van der Waals surface area contributed by atoms with Crippen LogP contribution < -0.4 is 14.9 Å². The minimum atomic E-state index is -3.91. The molecule has 1 aliphatic heterocycles. The van der Waals surface area contributed by atoms with Crippen LogP contribution >= 0.6 is 0 Å². The average Bonchev–Trinajstić information content (AvgIpc) is 3.26. The number of aromatic nitrogens is 4. The number of sulfonamides is 1. The Morgan fingerprint density at radius 3 is 2.41 bits per heavy atom. The van der Waals surface area contributed by atoms with Crippen LogP contribution in [0.3, 0.4) is 0 Å². The number of piperazine rings is 1. The summed E-state index contributed by atoms with van der Waals surface area (Å²) in [5.41, 5.74) is 1.31. The largest absolute Gasteiger partial charge is 0.353 e. The number of rotatable bonds is 6. The van der Waals surface area contributed by atoms with E-state index in [0.717, 1.165) is 11.5 Å². The normalized spacial score (nSPS) is 15.4. The number of nitrogens with one attached hydrogen (secondary N) is 2. The smallest absolute Gasteiger partial charge is 0.254 e. The van der Waals surface area contributed by atoms with Crippen LogP contribution in [-0.4, -0.2) is 76.9 Å². The van der Waals surface area contributed by atoms with Crippen molar-refractivity contribution in [1.82, 2.24) is 29.2 Å². The van der Waals surface area contributed by atoms with Gasteiger partial charge in [-0.25, -0.2) is 13.4 Å². The van der Waals surface area contributed by atoms with Crippen molar-refractivity contribution in [2.45, 2.75) is 31.7 Å². The van der Waals surface area contributed by atoms with Gasteiger partial charge in [-0.1, -0.05) is 0 Å². The third-order valence-electron chi connectivity index (χ3n) is 5.46. The highest BCUT2D eigenvalue weighted by Crippen LogP contribution is 2.19. The molecular formula is C21H26N8O4S. The fraction of sp³-hybridized carbons (Fsp3) is 0.381. The molecule has 3 aromatic rings. The zero-order chi connectivity index (χ0) is 24.5. The van der Waals surface area contributed by atoms with Crippen molar-refractivity contribution in [1.29, 1.82) is 0 Å². The van der Waals surface area contributed by atoms with Gasteiger partial charge in [-0.05, 0) is 38.1 Å². The Morgan fingerprint density at radius 1 is 1.09 bits per heavy atom. The van der Waals surface area contributed by atoms with Crippen molar-refractivity contribution >= 4 is 39.1 Å². The third kappa shape index (κ3) is 4.99. The van der Waals surface area contributed by atoms with Crippen LogP contribution in [0, 0.1) is 6.92 Å². The first kappa shape index (κ1) is 23.6. The molecule has 4 rings (SSSR count). The lowest BCUT2D eigenvalue weighted by Gasteiger charge is -2.37. The Bertz CT molecular complexity index is 1310. The maximum atomic E-state index is 12.9. The monoisotopic (exact) mass is 486 g/mol. The molecule has 1 aromatic carbocycles. The van der Waals surface area contributed by atoms with Gasteiger partial charge in [0.1, 0.15) is 12.1 Å². The van der Waals surface area contributed by atoms with Crippen molar-refractivity contribution in [3.8, 4) is 0 Å². The summed E-state index contributed by atoms with van der Waals surface area (Å²) in [6, 6.07) is 6.74. The molecule has 2 amide bonds. The van der Waals surface area contributed by atoms with Gasteiger partial charge < -0.3 is 15.1 Å². The molecule has 2 aromatic heterocycles. The summed E-state index contributed by atoms with van der Waals surface area (Å²) in [7, 11) is -3.91. The molecule has 13 heteroatoms. The first-order chi connectivity index (χ1) is 16.1. The van der Waals surface area contributed by atoms with Gasteiger partial charge in [0.15, 0.2) is 0 Å². The van der Waals surface area contributed by atoms with E-state index in [1.54, 1.807) is 9.42 Å². The topological polar surface area (TPSA) is 142 Å². The highest BCUT2D eigenvalue weighted by atomic mass is 32.2. The van der Waals surface area contributed by atoms with Crippen LogP contribution in [0.25, 0.3) is 5.78 Å². The first-order valence-electron chi connectivity index (χ1n) is 10.7. The maximum Gasteiger partial charge on any atom is 0.254 e. The molecule has 180 valence electrons. The number of hydrogen-bond donors (Lipinski definition) is 2. The van der Waals surface area contributed by atoms with E-state index >= 15 is 0 Å². The summed E-state index contributed by atoms with van der Waals surface area (Å²) in [5, 5.41) is 6.81. The van der Waals surface area contributed by atoms with E-state index < -0.39 is 16.1 Å². The van der Waals surface area contributed by atoms with Crippen LogP contribution in [0.1, 0.15) is 19.5 Å². The van der Waals surface area contributed by atoms with Crippen molar-refractivity contribution in [3.05, 3.63) is 42.4 Å². The van der Waals surface area contributed by atoms with Gasteiger partial charge in [-0.3, -0.25) is 9.59 Å². The molecule has 0 bridgehead atoms. The zero-order valence-electron chi connectivity index (χ0n) is 19.1. The summed E-state index contributed by atoms with van der Waals surface area (Å²) in [6.07, 6.45) is 1.45. The van der Waals surface area contributed by atoms with E-state index in [2.05, 4.69) is 30.0 Å². The number of aryl methyl sites for hydroxylation is 1. The molecule has 1 saturated heterocycles. The number of fused-ring (bicyclic) bond motifs is 1. The summed E-state index contributed by atoms with van der Waals surface area (Å²) in [6.45, 7) is 6.79. The Kier molecular flexibility index (Phi) is 6.48. The minimum Gasteiger partial charge on any atom is -0.353 e. The second-order valence-corrected chi connectivity index (χ2v) is 9.80. The Balaban J connectivity index is 1.38. The van der Waals surface area contributed by atoms with E-state index in [1.807, 2.05) is 13.0 Å². The number of benzene rings is 1. The molecule has 3 heterocycles. The van der Waals surface area contributed by atoms with Gasteiger partial charge >= 0.3 is 0 Å². The van der Waals surface area contributed by atoms with Crippen LogP contribution in [0.4, 0.5) is 11.5 Å². The van der Waals surface area contributed by atoms with Crippen molar-refractivity contribution in [2.75, 3.05) is 36.4 Å². The molecule has 1 aliphatic rings. The predicted molar refractivity (Wildman–Crippen MR) is 125 cm³/mol. The maximum absolute atomic E-state index is 12.9. The van der Waals surface area contributed by atoms with Gasteiger partial charge in [-0.2, -0.15) is 19.3 Å². The van der Waals surface area contributed by atoms with Gasteiger partial charge in [0.25, 0.3) is 5.78 Å². The van der Waals surface area contributed by atoms with E-state index in [-0.39, 0.29) is 16.7 Å². The Labute approximate surface area is 197 Å². The number of anilines is 2. The molecule has 0 spiro atoms. The number of carbonyl (C=O) groups is 2. The molecular weight excluding hydrogens is 460 g/mol. The van der Waals surface area contributed by atoms with Crippen LogP contribution in [-0.2, 0) is 19.6 Å². The van der Waals surface area contributed by atoms with Gasteiger partial charge in [0.05, 0.1) is 10.9 Å². The summed E-state index contributed by atoms with van der Waals surface area (Å²) >= 11 is 0. The van der Waals surface area contributed by atoms with E-state index in [0.29, 0.717) is 37.6 Å². The lowest BCUT2D eigenvalue weighted by molar-refractivity contribution is -0.132. The van der Waals surface area contributed by atoms with Gasteiger partial charge in [0, 0.05) is 50.6 Å². The number of nitrogens with zero attached hydrogens (tertiary/aromatic N) is 6. The van der Waals surface area contributed by atoms with E-state index in [9.17, 15) is 18.0 Å². The fourth-order valence-electron chi connectivity index (χ4n) is 3.84. The van der Waals surface area contributed by atoms with Crippen molar-refractivity contribution < 1.29 is 18.0 Å². The van der Waals surface area contributed by atoms with Crippen LogP contribution in [0.2, 0.25) is 0 Å². The zero-order valence-corrected chi connectivity index (χ0v) is 19.9. The Hall–Kier alpha value is -3.58. The second-order valence-electron chi connectivity index (χ2n) is 8.09. The van der Waals surface area contributed by atoms with Gasteiger partial charge in [-0.15, -0.1) is 0 Å². The Morgan fingerprint density at radius 2 is 1.76 bits per heavy atom. The second kappa shape index (κ2) is 9.35. The standard InChI is InChI=1S/C21H26N8O4S/c1-14-12-19(29-21(24-14)22-13-23-29)27-8-10-28(11-9-27)20(31)15(2)26-34(32,33)18-6-4-17(5-7-18)25-16(3)30/h4-7,12-13,15,26H,8-11H2,1-3H3,(H,25,30)/t15-/m0/s1. The highest BCUT2D eigenvalue weighted by Gasteiger charge is 2.29. The number of amides is 2. The lowest BCUT2D eigenvalue weighted by Crippen LogP contribution is -2.54. The lowest BCUT2D eigenvalue weighted by atomic mass is 10.2. The molecule has 0 unspecified atom stereocenters. The van der Waals surface area contributed by atoms with Crippen LogP contribution in [0.5, 0.6) is 0 Å². The highest BCUT2D eigenvalue weighted by molar-refractivity contribution is 7.89. The SMILES string of the molecule is CC(=O)Nc1ccc(S(=O)(=O)N[C@@H](C)C(=O)N2CCN(c3cc(C)nc4ncnn34)CC2)cc1. The fourth-order valence-corrected chi connectivity index (χ4v) is 5.03. The molecule has 34 heavy (non-hydrogen) atoms. The molecule has 1 atom stereocenters. The summed E-state index contributed by atoms with van der Waals surface area (Å²) < 4.78 is 29.6. The molecule has 1 fully saturated rings. The predicted octanol–water partition coefficient (Wildman–Crippen LogP) is 0.407. The first-order valence-corrected chi connectivity index (χ1v) is 12.2. The quantitative estimate of drug-likeness (QED) is 0.510. The molecule has 12 nitrogen and oxygen atoms in total. The number of carbonyl (C=O) groups excluding carboxylic acids is 2. The number of hydrogen-bond acceptors (Lipinski definition) is 8. The van der Waals surface area contributed by atoms with Gasteiger partial charge in [0.2, 0.25) is 21.8 Å². The van der Waals surface area contributed by atoms with Crippen LogP contribution in [0.15, 0.2) is 41.6 Å². The van der Waals surface area contributed by atoms with Crippen molar-refractivity contribution in [2.24, 2.45) is 0 Å². The van der Waals surface area contributed by atoms with E-state index in [1.165, 1.54) is 44.4 Å². The molecule has 0 aliphatic carbocycles. The molecule has 0 saturated carbocycles. The molecule has 0 radical (unpaired) electrons. The third-order valence-corrected chi connectivity index (χ3v) is 7.02. The van der Waals surface area contributed by atoms with E-state index in [4.69, 9.17) is 0 Å². The average molecular weight is 487 g/mol. The van der Waals surface area contributed by atoms with Crippen molar-refractivity contribution in [3.63, 3.8) is 0 Å². The summed E-state index contributed by atoms with van der Waals surface area (Å²) in [4.78, 5) is 36.3. The minimum absolute atomic E-state index is 0.0102. The summed E-state index contributed by atoms with van der Waals surface area (Å²) in [5.74, 6) is 0.818.